The number of hydrogen-bond donors (Lipinski definition) is 1. The molecule has 8 heteroatoms. The minimum absolute atomic E-state index is 0.0918. The Bertz CT molecular complexity index is 993. The van der Waals surface area contributed by atoms with E-state index in [1.54, 1.807) is 68.3 Å². The van der Waals surface area contributed by atoms with E-state index < -0.39 is 5.91 Å². The van der Waals surface area contributed by atoms with E-state index in [4.69, 9.17) is 14.2 Å². The normalized spacial score (nSPS) is 11.1. The highest BCUT2D eigenvalue weighted by Gasteiger charge is 2.15. The fourth-order valence-electron chi connectivity index (χ4n) is 2.57. The molecule has 3 rings (SSSR count). The van der Waals surface area contributed by atoms with Crippen LogP contribution in [-0.4, -0.2) is 36.4 Å². The fraction of sp³-hybridized carbons (Fsp3) is 0.211. The van der Waals surface area contributed by atoms with Crippen LogP contribution >= 0.6 is 0 Å². The van der Waals surface area contributed by atoms with Crippen molar-refractivity contribution in [3.63, 3.8) is 0 Å². The third kappa shape index (κ3) is 3.84. The highest BCUT2D eigenvalue weighted by Crippen LogP contribution is 2.39. The summed E-state index contributed by atoms with van der Waals surface area (Å²) in [5.74, 6) is 1.14. The number of rotatable bonds is 6. The predicted molar refractivity (Wildman–Crippen MR) is 99.1 cm³/mol. The van der Waals surface area contributed by atoms with Crippen molar-refractivity contribution in [2.24, 2.45) is 17.3 Å². The quantitative estimate of drug-likeness (QED) is 0.670. The van der Waals surface area contributed by atoms with Crippen molar-refractivity contribution < 1.29 is 24.1 Å². The molecule has 0 spiro atoms. The third-order valence-electron chi connectivity index (χ3n) is 4.03. The Balaban J connectivity index is 1.74. The molecule has 0 atom stereocenters. The van der Waals surface area contributed by atoms with Gasteiger partial charge in [-0.2, -0.15) is 0 Å². The first-order valence-corrected chi connectivity index (χ1v) is 8.10. The Hall–Kier alpha value is -3.55. The number of fused-ring (bicyclic) bond motifs is 1. The lowest BCUT2D eigenvalue weighted by molar-refractivity contribution is -0.120. The molecule has 0 aliphatic rings. The number of hydrogen-bond acceptors (Lipinski definition) is 6. The van der Waals surface area contributed by atoms with E-state index in [2.05, 4.69) is 10.2 Å². The van der Waals surface area contributed by atoms with E-state index >= 15 is 0 Å². The van der Waals surface area contributed by atoms with Crippen molar-refractivity contribution in [3.05, 3.63) is 42.5 Å². The minimum atomic E-state index is -0.579. The molecule has 3 aromatic rings. The molecule has 0 unspecified atom stereocenters. The summed E-state index contributed by atoms with van der Waals surface area (Å²) in [5, 5.41) is 18.5. The van der Waals surface area contributed by atoms with Crippen LogP contribution in [0.2, 0.25) is 0 Å². The lowest BCUT2D eigenvalue weighted by atomic mass is 10.2. The van der Waals surface area contributed by atoms with Gasteiger partial charge in [0.2, 0.25) is 5.88 Å². The van der Waals surface area contributed by atoms with Gasteiger partial charge in [0.1, 0.15) is 17.2 Å². The van der Waals surface area contributed by atoms with Gasteiger partial charge in [-0.15, -0.1) is 10.2 Å². The zero-order valence-corrected chi connectivity index (χ0v) is 15.2. The molecule has 8 nitrogen and oxygen atoms in total. The van der Waals surface area contributed by atoms with Gasteiger partial charge in [0.05, 0.1) is 19.7 Å². The van der Waals surface area contributed by atoms with Crippen LogP contribution in [0.1, 0.15) is 0 Å². The lowest BCUT2D eigenvalue weighted by Gasteiger charge is -2.04. The Kier molecular flexibility index (Phi) is 5.25. The lowest BCUT2D eigenvalue weighted by Crippen LogP contribution is -2.07. The Morgan fingerprint density at radius 2 is 1.67 bits per heavy atom. The number of carbonyl (C=O) groups is 1. The molecule has 1 aromatic heterocycles. The largest absolute Gasteiger partial charge is 0.497 e. The van der Waals surface area contributed by atoms with Gasteiger partial charge in [0, 0.05) is 12.4 Å². The van der Waals surface area contributed by atoms with Gasteiger partial charge in [-0.3, -0.25) is 4.79 Å². The molecule has 1 heterocycles. The highest BCUT2D eigenvalue weighted by atomic mass is 16.5. The average molecular weight is 369 g/mol. The molecule has 0 aliphatic carbocycles. The first-order chi connectivity index (χ1) is 13.0. The summed E-state index contributed by atoms with van der Waals surface area (Å²) < 4.78 is 17.2. The first-order valence-electron chi connectivity index (χ1n) is 8.10. The van der Waals surface area contributed by atoms with E-state index in [9.17, 15) is 9.90 Å². The summed E-state index contributed by atoms with van der Waals surface area (Å²) in [6, 6.07) is 12.1. The third-order valence-corrected chi connectivity index (χ3v) is 4.03. The number of ether oxygens (including phenoxy) is 3. The van der Waals surface area contributed by atoms with Crippen LogP contribution < -0.4 is 14.2 Å². The Morgan fingerprint density at radius 1 is 1.04 bits per heavy atom. The van der Waals surface area contributed by atoms with E-state index in [0.29, 0.717) is 22.6 Å². The van der Waals surface area contributed by atoms with Crippen molar-refractivity contribution in [1.82, 2.24) is 4.57 Å². The molecule has 0 saturated carbocycles. The summed E-state index contributed by atoms with van der Waals surface area (Å²) in [6.45, 7) is -0.273. The van der Waals surface area contributed by atoms with Crippen molar-refractivity contribution in [2.45, 2.75) is 0 Å². The summed E-state index contributed by atoms with van der Waals surface area (Å²) >= 11 is 0. The van der Waals surface area contributed by atoms with E-state index in [-0.39, 0.29) is 18.2 Å². The molecular weight excluding hydrogens is 350 g/mol. The molecule has 0 saturated heterocycles. The zero-order chi connectivity index (χ0) is 19.4. The maximum atomic E-state index is 12.0. The molecule has 140 valence electrons. The standard InChI is InChI=1S/C19H19N3O5/c1-22-16-9-8-14(26-3)10-15(16)18(19(22)24)21-20-17(23)11-27-13-6-4-12(25-2)5-7-13/h4-10,24H,11H2,1-3H3. The summed E-state index contributed by atoms with van der Waals surface area (Å²) in [6.07, 6.45) is 0. The van der Waals surface area contributed by atoms with Crippen LogP contribution in [0, 0.1) is 0 Å². The van der Waals surface area contributed by atoms with Crippen LogP contribution in [-0.2, 0) is 11.8 Å². The number of aromatic hydroxyl groups is 1. The molecule has 1 N–H and O–H groups in total. The molecule has 0 fully saturated rings. The van der Waals surface area contributed by atoms with E-state index in [0.717, 1.165) is 5.52 Å². The molecule has 0 bridgehead atoms. The second-order valence-corrected chi connectivity index (χ2v) is 5.67. The van der Waals surface area contributed by atoms with Crippen molar-refractivity contribution in [2.75, 3.05) is 20.8 Å². The van der Waals surface area contributed by atoms with Crippen molar-refractivity contribution in [3.8, 4) is 23.1 Å². The number of methoxy groups -OCH3 is 2. The van der Waals surface area contributed by atoms with Gasteiger partial charge in [0.25, 0.3) is 0 Å². The fourth-order valence-corrected chi connectivity index (χ4v) is 2.57. The molecule has 0 radical (unpaired) electrons. The average Bonchev–Trinajstić information content (AvgIpc) is 2.94. The van der Waals surface area contributed by atoms with Crippen LogP contribution in [0.25, 0.3) is 10.9 Å². The summed E-state index contributed by atoms with van der Waals surface area (Å²) in [5.41, 5.74) is 0.938. The number of azo groups is 1. The van der Waals surface area contributed by atoms with Crippen molar-refractivity contribution in [1.29, 1.82) is 0 Å². The second kappa shape index (κ2) is 7.77. The van der Waals surface area contributed by atoms with Crippen LogP contribution in [0.15, 0.2) is 52.7 Å². The molecule has 0 aliphatic heterocycles. The number of aryl methyl sites for hydroxylation is 1. The number of carbonyl (C=O) groups excluding carboxylic acids is 1. The van der Waals surface area contributed by atoms with E-state index in [1.165, 1.54) is 0 Å². The highest BCUT2D eigenvalue weighted by molar-refractivity contribution is 5.96. The predicted octanol–water partition coefficient (Wildman–Crippen LogP) is 3.59. The number of benzene rings is 2. The van der Waals surface area contributed by atoms with Gasteiger partial charge in [0.15, 0.2) is 12.3 Å². The van der Waals surface area contributed by atoms with Gasteiger partial charge in [-0.25, -0.2) is 0 Å². The smallest absolute Gasteiger partial charge is 0.302 e. The van der Waals surface area contributed by atoms with Crippen LogP contribution in [0.4, 0.5) is 5.69 Å². The van der Waals surface area contributed by atoms with Crippen LogP contribution in [0.3, 0.4) is 0 Å². The Morgan fingerprint density at radius 3 is 2.33 bits per heavy atom. The molecule has 1 amide bonds. The maximum absolute atomic E-state index is 12.0. The summed E-state index contributed by atoms with van der Waals surface area (Å²) in [7, 11) is 4.81. The van der Waals surface area contributed by atoms with Crippen LogP contribution in [0.5, 0.6) is 23.1 Å². The van der Waals surface area contributed by atoms with Gasteiger partial charge >= 0.3 is 5.91 Å². The van der Waals surface area contributed by atoms with E-state index in [1.807, 2.05) is 0 Å². The maximum Gasteiger partial charge on any atom is 0.302 e. The monoisotopic (exact) mass is 369 g/mol. The van der Waals surface area contributed by atoms with Gasteiger partial charge in [-0.05, 0) is 42.5 Å². The second-order valence-electron chi connectivity index (χ2n) is 5.67. The number of aromatic nitrogens is 1. The zero-order valence-electron chi connectivity index (χ0n) is 15.2. The van der Waals surface area contributed by atoms with Crippen molar-refractivity contribution >= 4 is 22.5 Å². The Labute approximate surface area is 155 Å². The number of nitrogens with zero attached hydrogens (tertiary/aromatic N) is 3. The van der Waals surface area contributed by atoms with Gasteiger partial charge in [-0.1, -0.05) is 0 Å². The minimum Gasteiger partial charge on any atom is -0.497 e. The first kappa shape index (κ1) is 18.2. The molecule has 27 heavy (non-hydrogen) atoms. The SMILES string of the molecule is COc1ccc(OCC(=O)N=Nc2c(O)n(C)c3ccc(OC)cc23)cc1. The molecular formula is C19H19N3O5. The molecule has 2 aromatic carbocycles. The summed E-state index contributed by atoms with van der Waals surface area (Å²) in [4.78, 5) is 12.0. The topological polar surface area (TPSA) is 94.6 Å². The number of amides is 1. The van der Waals surface area contributed by atoms with Gasteiger partial charge < -0.3 is 23.9 Å².